The summed E-state index contributed by atoms with van der Waals surface area (Å²) in [5.41, 5.74) is 1.69. The molecule has 0 aliphatic heterocycles. The van der Waals surface area contributed by atoms with Crippen molar-refractivity contribution >= 4 is 0 Å². The van der Waals surface area contributed by atoms with Crippen molar-refractivity contribution < 1.29 is 14.8 Å². The molecule has 0 aromatic heterocycles. The molecule has 0 heterocycles. The van der Waals surface area contributed by atoms with Crippen molar-refractivity contribution in [2.24, 2.45) is 5.92 Å². The van der Waals surface area contributed by atoms with Gasteiger partial charge in [-0.3, -0.25) is 10.0 Å². The molecule has 0 bridgehead atoms. The van der Waals surface area contributed by atoms with E-state index in [0.717, 1.165) is 19.3 Å². The Morgan fingerprint density at radius 1 is 1.55 bits per heavy atom. The van der Waals surface area contributed by atoms with Gasteiger partial charge >= 0.3 is 0 Å². The normalized spacial score (nSPS) is 31.1. The molecule has 0 saturated heterocycles. The zero-order valence-electron chi connectivity index (χ0n) is 6.75. The third-order valence-electron chi connectivity index (χ3n) is 2.21. The lowest BCUT2D eigenvalue weighted by atomic mass is 10.1. The van der Waals surface area contributed by atoms with Crippen LogP contribution < -0.4 is 5.64 Å². The molecule has 1 aliphatic carbocycles. The average Bonchev–Trinajstić information content (AvgIpc) is 2.48. The summed E-state index contributed by atoms with van der Waals surface area (Å²) in [6.07, 6.45) is 3.66. The summed E-state index contributed by atoms with van der Waals surface area (Å²) in [5, 5.41) is 8.15. The van der Waals surface area contributed by atoms with E-state index in [4.69, 9.17) is 9.94 Å². The van der Waals surface area contributed by atoms with Crippen molar-refractivity contribution in [2.75, 3.05) is 13.7 Å². The van der Waals surface area contributed by atoms with E-state index in [1.54, 1.807) is 12.8 Å². The van der Waals surface area contributed by atoms with E-state index in [1.165, 1.54) is 0 Å². The standard InChI is InChI=1S/C7H15NO3/c1-10-7-3-2-6(4-7)5-11-8-9/h6-9H,2-5H2,1H3. The third-order valence-corrected chi connectivity index (χ3v) is 2.21. The molecule has 4 heteroatoms. The van der Waals surface area contributed by atoms with Gasteiger partial charge in [0.2, 0.25) is 0 Å². The summed E-state index contributed by atoms with van der Waals surface area (Å²) >= 11 is 0. The van der Waals surface area contributed by atoms with E-state index in [1.807, 2.05) is 0 Å². The van der Waals surface area contributed by atoms with E-state index in [0.29, 0.717) is 18.6 Å². The molecule has 0 aromatic carbocycles. The Morgan fingerprint density at radius 3 is 2.91 bits per heavy atom. The van der Waals surface area contributed by atoms with Crippen LogP contribution in [0.4, 0.5) is 0 Å². The van der Waals surface area contributed by atoms with Crippen LogP contribution in [0.3, 0.4) is 0 Å². The fourth-order valence-electron chi connectivity index (χ4n) is 1.55. The number of hydrogen-bond acceptors (Lipinski definition) is 4. The van der Waals surface area contributed by atoms with Gasteiger partial charge in [0.15, 0.2) is 0 Å². The van der Waals surface area contributed by atoms with E-state index in [2.05, 4.69) is 4.84 Å². The SMILES string of the molecule is COC1CCC(CONO)C1. The highest BCUT2D eigenvalue weighted by molar-refractivity contribution is 4.74. The first-order valence-electron chi connectivity index (χ1n) is 3.90. The first-order valence-corrected chi connectivity index (χ1v) is 3.90. The highest BCUT2D eigenvalue weighted by Gasteiger charge is 2.24. The molecule has 2 atom stereocenters. The molecule has 2 unspecified atom stereocenters. The zero-order chi connectivity index (χ0) is 8.10. The number of hydrogen-bond donors (Lipinski definition) is 2. The Labute approximate surface area is 66.4 Å². The van der Waals surface area contributed by atoms with Crippen LogP contribution >= 0.6 is 0 Å². The molecule has 0 radical (unpaired) electrons. The number of methoxy groups -OCH3 is 1. The molecular weight excluding hydrogens is 146 g/mol. The Balaban J connectivity index is 2.09. The molecule has 1 aliphatic rings. The average molecular weight is 161 g/mol. The predicted molar refractivity (Wildman–Crippen MR) is 39.0 cm³/mol. The summed E-state index contributed by atoms with van der Waals surface area (Å²) in [4.78, 5) is 4.66. The van der Waals surface area contributed by atoms with Crippen LogP contribution in [0.2, 0.25) is 0 Å². The van der Waals surface area contributed by atoms with Gasteiger partial charge in [-0.15, -0.1) is 0 Å². The lowest BCUT2D eigenvalue weighted by Crippen LogP contribution is -2.15. The van der Waals surface area contributed by atoms with Gasteiger partial charge in [-0.05, 0) is 25.2 Å². The molecular formula is C7H15NO3. The Hall–Kier alpha value is -0.160. The largest absolute Gasteiger partial charge is 0.381 e. The number of ether oxygens (including phenoxy) is 1. The molecule has 0 aromatic rings. The monoisotopic (exact) mass is 161 g/mol. The molecule has 11 heavy (non-hydrogen) atoms. The topological polar surface area (TPSA) is 50.7 Å². The minimum Gasteiger partial charge on any atom is -0.381 e. The van der Waals surface area contributed by atoms with Crippen molar-refractivity contribution in [3.05, 3.63) is 0 Å². The smallest absolute Gasteiger partial charge is 0.0738 e. The summed E-state index contributed by atoms with van der Waals surface area (Å²) in [6.45, 7) is 0.566. The molecule has 2 N–H and O–H groups in total. The first-order chi connectivity index (χ1) is 5.36. The van der Waals surface area contributed by atoms with Crippen LogP contribution in [0.15, 0.2) is 0 Å². The van der Waals surface area contributed by atoms with Crippen LogP contribution in [0, 0.1) is 5.92 Å². The zero-order valence-corrected chi connectivity index (χ0v) is 6.75. The van der Waals surface area contributed by atoms with E-state index < -0.39 is 0 Å². The van der Waals surface area contributed by atoms with Gasteiger partial charge in [0.25, 0.3) is 0 Å². The van der Waals surface area contributed by atoms with Crippen LogP contribution in [0.5, 0.6) is 0 Å². The van der Waals surface area contributed by atoms with Crippen molar-refractivity contribution in [3.63, 3.8) is 0 Å². The molecule has 66 valence electrons. The highest BCUT2D eigenvalue weighted by Crippen LogP contribution is 2.27. The Kier molecular flexibility index (Phi) is 3.79. The molecule has 0 spiro atoms. The fourth-order valence-corrected chi connectivity index (χ4v) is 1.55. The summed E-state index contributed by atoms with van der Waals surface area (Å²) < 4.78 is 5.18. The molecule has 1 rings (SSSR count). The number of rotatable bonds is 4. The van der Waals surface area contributed by atoms with Gasteiger partial charge < -0.3 is 4.74 Å². The molecule has 4 nitrogen and oxygen atoms in total. The maximum atomic E-state index is 8.15. The van der Waals surface area contributed by atoms with Gasteiger partial charge in [-0.2, -0.15) is 0 Å². The lowest BCUT2D eigenvalue weighted by Gasteiger charge is -2.08. The second kappa shape index (κ2) is 4.66. The maximum absolute atomic E-state index is 8.15. The van der Waals surface area contributed by atoms with Crippen molar-refractivity contribution in [1.29, 1.82) is 0 Å². The van der Waals surface area contributed by atoms with Gasteiger partial charge in [0, 0.05) is 7.11 Å². The summed E-state index contributed by atoms with van der Waals surface area (Å²) in [7, 11) is 1.73. The quantitative estimate of drug-likeness (QED) is 0.596. The summed E-state index contributed by atoms with van der Waals surface area (Å²) in [6, 6.07) is 0. The van der Waals surface area contributed by atoms with Crippen molar-refractivity contribution in [2.45, 2.75) is 25.4 Å². The van der Waals surface area contributed by atoms with Gasteiger partial charge in [-0.1, -0.05) is 5.64 Å². The Morgan fingerprint density at radius 2 is 2.36 bits per heavy atom. The van der Waals surface area contributed by atoms with E-state index in [9.17, 15) is 0 Å². The van der Waals surface area contributed by atoms with Crippen LogP contribution in [0.25, 0.3) is 0 Å². The van der Waals surface area contributed by atoms with Crippen LogP contribution in [0.1, 0.15) is 19.3 Å². The van der Waals surface area contributed by atoms with Crippen LogP contribution in [-0.2, 0) is 9.57 Å². The van der Waals surface area contributed by atoms with Crippen molar-refractivity contribution in [3.8, 4) is 0 Å². The lowest BCUT2D eigenvalue weighted by molar-refractivity contribution is -0.136. The first kappa shape index (κ1) is 8.93. The van der Waals surface area contributed by atoms with Gasteiger partial charge in [-0.25, -0.2) is 0 Å². The second-order valence-electron chi connectivity index (χ2n) is 2.94. The molecule has 1 saturated carbocycles. The summed E-state index contributed by atoms with van der Waals surface area (Å²) in [5.74, 6) is 0.527. The van der Waals surface area contributed by atoms with Crippen LogP contribution in [-0.4, -0.2) is 25.0 Å². The van der Waals surface area contributed by atoms with E-state index in [-0.39, 0.29) is 0 Å². The number of nitrogens with one attached hydrogen (secondary N) is 1. The van der Waals surface area contributed by atoms with E-state index >= 15 is 0 Å². The highest BCUT2D eigenvalue weighted by atomic mass is 16.8. The molecule has 0 amide bonds. The second-order valence-corrected chi connectivity index (χ2v) is 2.94. The fraction of sp³-hybridized carbons (Fsp3) is 1.00. The minimum absolute atomic E-state index is 0.391. The van der Waals surface area contributed by atoms with Crippen molar-refractivity contribution in [1.82, 2.24) is 5.64 Å². The van der Waals surface area contributed by atoms with Gasteiger partial charge in [0.05, 0.1) is 12.7 Å². The van der Waals surface area contributed by atoms with Gasteiger partial charge in [0.1, 0.15) is 0 Å². The third kappa shape index (κ3) is 2.75. The molecule has 1 fully saturated rings. The predicted octanol–water partition coefficient (Wildman–Crippen LogP) is 0.712. The maximum Gasteiger partial charge on any atom is 0.0738 e. The Bertz CT molecular complexity index is 110. The minimum atomic E-state index is 0.391.